The Morgan fingerprint density at radius 1 is 1.06 bits per heavy atom. The molecule has 0 N–H and O–H groups in total. The highest BCUT2D eigenvalue weighted by atomic mass is 16.4. The van der Waals surface area contributed by atoms with E-state index in [4.69, 9.17) is 4.42 Å². The van der Waals surface area contributed by atoms with Gasteiger partial charge in [0.05, 0.1) is 0 Å². The van der Waals surface area contributed by atoms with Gasteiger partial charge in [0.15, 0.2) is 0 Å². The molecule has 0 aliphatic heterocycles. The summed E-state index contributed by atoms with van der Waals surface area (Å²) in [6.45, 7) is 2.05. The lowest BCUT2D eigenvalue weighted by molar-refractivity contribution is 0.562. The van der Waals surface area contributed by atoms with Crippen LogP contribution in [0, 0.1) is 0 Å². The van der Waals surface area contributed by atoms with Crippen LogP contribution in [0.3, 0.4) is 0 Å². The standard InChI is InChI=1S/C15H12O2/c1-2-10-9-14(16)17-15-12-6-4-3-5-11(12)7-8-13(10)15/h3-9H,2H2,1H3. The Kier molecular flexibility index (Phi) is 2.22. The predicted octanol–water partition coefficient (Wildman–Crippen LogP) is 3.51. The Balaban J connectivity index is 2.58. The zero-order valence-corrected chi connectivity index (χ0v) is 9.57. The molecule has 1 heterocycles. The number of hydrogen-bond donors (Lipinski definition) is 0. The molecule has 2 nitrogen and oxygen atoms in total. The van der Waals surface area contributed by atoms with Crippen molar-refractivity contribution >= 4 is 21.7 Å². The quantitative estimate of drug-likeness (QED) is 0.467. The maximum atomic E-state index is 11.5. The minimum Gasteiger partial charge on any atom is -0.422 e. The number of aryl methyl sites for hydroxylation is 1. The van der Waals surface area contributed by atoms with E-state index in [0.717, 1.165) is 28.1 Å². The molecule has 0 amide bonds. The molecule has 0 radical (unpaired) electrons. The van der Waals surface area contributed by atoms with Crippen molar-refractivity contribution in [2.24, 2.45) is 0 Å². The van der Waals surface area contributed by atoms with Gasteiger partial charge in [-0.15, -0.1) is 0 Å². The van der Waals surface area contributed by atoms with Crippen molar-refractivity contribution in [3.05, 3.63) is 58.4 Å². The van der Waals surface area contributed by atoms with E-state index in [1.807, 2.05) is 37.3 Å². The molecule has 0 unspecified atom stereocenters. The second-order valence-electron chi connectivity index (χ2n) is 4.11. The Morgan fingerprint density at radius 3 is 2.71 bits per heavy atom. The molecule has 1 aromatic heterocycles. The number of benzene rings is 2. The Bertz CT molecular complexity index is 754. The highest BCUT2D eigenvalue weighted by Gasteiger charge is 2.07. The zero-order chi connectivity index (χ0) is 11.8. The zero-order valence-electron chi connectivity index (χ0n) is 9.57. The van der Waals surface area contributed by atoms with Gasteiger partial charge in [-0.3, -0.25) is 0 Å². The minimum atomic E-state index is -0.272. The first-order valence-corrected chi connectivity index (χ1v) is 5.74. The van der Waals surface area contributed by atoms with Crippen LogP contribution in [0.4, 0.5) is 0 Å². The minimum absolute atomic E-state index is 0.272. The summed E-state index contributed by atoms with van der Waals surface area (Å²) in [7, 11) is 0. The van der Waals surface area contributed by atoms with E-state index in [1.54, 1.807) is 6.07 Å². The first-order chi connectivity index (χ1) is 8.29. The molecule has 2 aromatic carbocycles. The van der Waals surface area contributed by atoms with E-state index < -0.39 is 0 Å². The van der Waals surface area contributed by atoms with E-state index in [-0.39, 0.29) is 5.63 Å². The maximum absolute atomic E-state index is 11.5. The third-order valence-corrected chi connectivity index (χ3v) is 3.10. The van der Waals surface area contributed by atoms with Gasteiger partial charge < -0.3 is 4.42 Å². The number of hydrogen-bond acceptors (Lipinski definition) is 2. The normalized spacial score (nSPS) is 11.1. The van der Waals surface area contributed by atoms with E-state index in [9.17, 15) is 4.79 Å². The third kappa shape index (κ3) is 1.53. The van der Waals surface area contributed by atoms with Gasteiger partial charge in [0.25, 0.3) is 0 Å². The average molecular weight is 224 g/mol. The molecule has 0 fully saturated rings. The van der Waals surface area contributed by atoms with Crippen molar-refractivity contribution in [2.45, 2.75) is 13.3 Å². The molecule has 84 valence electrons. The fraction of sp³-hybridized carbons (Fsp3) is 0.133. The van der Waals surface area contributed by atoms with Crippen LogP contribution in [0.25, 0.3) is 21.7 Å². The van der Waals surface area contributed by atoms with Gasteiger partial charge in [0.1, 0.15) is 5.58 Å². The first kappa shape index (κ1) is 10.1. The summed E-state index contributed by atoms with van der Waals surface area (Å²) in [5.74, 6) is 0. The van der Waals surface area contributed by atoms with E-state index in [2.05, 4.69) is 6.07 Å². The van der Waals surface area contributed by atoms with Crippen LogP contribution in [0.15, 0.2) is 51.7 Å². The molecule has 2 heteroatoms. The predicted molar refractivity (Wildman–Crippen MR) is 69.4 cm³/mol. The first-order valence-electron chi connectivity index (χ1n) is 5.74. The van der Waals surface area contributed by atoms with Gasteiger partial charge in [-0.05, 0) is 17.4 Å². The van der Waals surface area contributed by atoms with Crippen molar-refractivity contribution in [2.75, 3.05) is 0 Å². The van der Waals surface area contributed by atoms with E-state index in [1.165, 1.54) is 0 Å². The SMILES string of the molecule is CCc1cc(=O)oc2c1ccc1ccccc12. The molecule has 0 bridgehead atoms. The van der Waals surface area contributed by atoms with Crippen LogP contribution in [-0.4, -0.2) is 0 Å². The summed E-state index contributed by atoms with van der Waals surface area (Å²) in [6, 6.07) is 13.6. The Hall–Kier alpha value is -2.09. The molecule has 0 saturated carbocycles. The lowest BCUT2D eigenvalue weighted by Gasteiger charge is -2.05. The van der Waals surface area contributed by atoms with Crippen molar-refractivity contribution in [3.63, 3.8) is 0 Å². The van der Waals surface area contributed by atoms with Crippen LogP contribution < -0.4 is 5.63 Å². The summed E-state index contributed by atoms with van der Waals surface area (Å²) in [4.78, 5) is 11.5. The lowest BCUT2D eigenvalue weighted by atomic mass is 10.0. The monoisotopic (exact) mass is 224 g/mol. The van der Waals surface area contributed by atoms with Crippen LogP contribution in [0.5, 0.6) is 0 Å². The molecular formula is C15H12O2. The summed E-state index contributed by atoms with van der Waals surface area (Å²) in [5.41, 5.74) is 1.47. The molecule has 17 heavy (non-hydrogen) atoms. The van der Waals surface area contributed by atoms with Gasteiger partial charge in [0, 0.05) is 16.8 Å². The number of rotatable bonds is 1. The second-order valence-corrected chi connectivity index (χ2v) is 4.11. The molecule has 3 rings (SSSR count). The van der Waals surface area contributed by atoms with Crippen molar-refractivity contribution < 1.29 is 4.42 Å². The summed E-state index contributed by atoms with van der Waals surface area (Å²) < 4.78 is 5.36. The molecule has 0 atom stereocenters. The largest absolute Gasteiger partial charge is 0.422 e. The molecule has 0 aliphatic rings. The Morgan fingerprint density at radius 2 is 1.88 bits per heavy atom. The summed E-state index contributed by atoms with van der Waals surface area (Å²) in [6.07, 6.45) is 0.834. The lowest BCUT2D eigenvalue weighted by Crippen LogP contribution is -2.00. The van der Waals surface area contributed by atoms with Crippen molar-refractivity contribution in [1.29, 1.82) is 0 Å². The van der Waals surface area contributed by atoms with Gasteiger partial charge in [-0.2, -0.15) is 0 Å². The molecule has 0 spiro atoms. The molecule has 0 saturated heterocycles. The second kappa shape index (κ2) is 3.74. The highest BCUT2D eigenvalue weighted by Crippen LogP contribution is 2.26. The van der Waals surface area contributed by atoms with Crippen LogP contribution >= 0.6 is 0 Å². The molecule has 0 aliphatic carbocycles. The van der Waals surface area contributed by atoms with Gasteiger partial charge >= 0.3 is 5.63 Å². The van der Waals surface area contributed by atoms with E-state index in [0.29, 0.717) is 5.58 Å². The molecular weight excluding hydrogens is 212 g/mol. The fourth-order valence-electron chi connectivity index (χ4n) is 2.25. The maximum Gasteiger partial charge on any atom is 0.336 e. The van der Waals surface area contributed by atoms with Gasteiger partial charge in [-0.1, -0.05) is 43.3 Å². The van der Waals surface area contributed by atoms with Crippen LogP contribution in [-0.2, 0) is 6.42 Å². The third-order valence-electron chi connectivity index (χ3n) is 3.10. The van der Waals surface area contributed by atoms with Crippen LogP contribution in [0.2, 0.25) is 0 Å². The average Bonchev–Trinajstić information content (AvgIpc) is 2.37. The smallest absolute Gasteiger partial charge is 0.336 e. The van der Waals surface area contributed by atoms with Crippen molar-refractivity contribution in [3.8, 4) is 0 Å². The molecule has 3 aromatic rings. The summed E-state index contributed by atoms with van der Waals surface area (Å²) >= 11 is 0. The van der Waals surface area contributed by atoms with Gasteiger partial charge in [-0.25, -0.2) is 4.79 Å². The van der Waals surface area contributed by atoms with E-state index >= 15 is 0 Å². The topological polar surface area (TPSA) is 30.2 Å². The summed E-state index contributed by atoms with van der Waals surface area (Å²) in [5, 5.41) is 3.12. The van der Waals surface area contributed by atoms with Crippen molar-refractivity contribution in [1.82, 2.24) is 0 Å². The fourth-order valence-corrected chi connectivity index (χ4v) is 2.25. The van der Waals surface area contributed by atoms with Crippen LogP contribution in [0.1, 0.15) is 12.5 Å². The number of fused-ring (bicyclic) bond motifs is 3. The Labute approximate surface area is 98.5 Å². The highest BCUT2D eigenvalue weighted by molar-refractivity contribution is 6.04. The van der Waals surface area contributed by atoms with Gasteiger partial charge in [0.2, 0.25) is 0 Å².